The molecule has 0 saturated heterocycles. The summed E-state index contributed by atoms with van der Waals surface area (Å²) in [7, 11) is 0. The van der Waals surface area contributed by atoms with Crippen LogP contribution in [-0.2, 0) is 4.74 Å². The number of rotatable bonds is 5. The molecule has 0 fully saturated rings. The molecule has 1 aromatic heterocycles. The monoisotopic (exact) mass is 285 g/mol. The maximum atomic E-state index is 11.8. The molecule has 0 spiro atoms. The lowest BCUT2D eigenvalue weighted by Gasteiger charge is -2.17. The predicted molar refractivity (Wildman–Crippen MR) is 83.1 cm³/mol. The van der Waals surface area contributed by atoms with Crippen molar-refractivity contribution < 1.29 is 9.53 Å². The lowest BCUT2D eigenvalue weighted by molar-refractivity contribution is 0.0526. The van der Waals surface area contributed by atoms with Crippen LogP contribution in [0.15, 0.2) is 42.7 Å². The molecule has 0 saturated carbocycles. The Morgan fingerprint density at radius 3 is 2.71 bits per heavy atom. The molecule has 3 N–H and O–H groups in total. The Bertz CT molecular complexity index is 614. The van der Waals surface area contributed by atoms with Gasteiger partial charge in [-0.2, -0.15) is 0 Å². The standard InChI is InChI=1S/C16H19N3O2/c1-3-21-16(20)13-4-5-14(17)15(10-13)19-11(2)12-6-8-18-9-7-12/h4-11,19H,3,17H2,1-2H3. The first-order valence-electron chi connectivity index (χ1n) is 6.85. The van der Waals surface area contributed by atoms with Gasteiger partial charge in [-0.05, 0) is 49.7 Å². The second-order valence-electron chi connectivity index (χ2n) is 4.67. The number of nitrogen functional groups attached to an aromatic ring is 1. The van der Waals surface area contributed by atoms with Crippen LogP contribution in [0.3, 0.4) is 0 Å². The third kappa shape index (κ3) is 3.72. The number of aromatic nitrogens is 1. The van der Waals surface area contributed by atoms with Crippen molar-refractivity contribution in [3.05, 3.63) is 53.9 Å². The number of anilines is 2. The third-order valence-corrected chi connectivity index (χ3v) is 3.14. The zero-order valence-corrected chi connectivity index (χ0v) is 12.2. The summed E-state index contributed by atoms with van der Waals surface area (Å²) < 4.78 is 5.00. The number of carbonyl (C=O) groups excluding carboxylic acids is 1. The summed E-state index contributed by atoms with van der Waals surface area (Å²) in [6, 6.07) is 8.99. The third-order valence-electron chi connectivity index (χ3n) is 3.14. The fourth-order valence-corrected chi connectivity index (χ4v) is 1.99. The molecule has 0 aliphatic carbocycles. The molecule has 5 heteroatoms. The van der Waals surface area contributed by atoms with Gasteiger partial charge in [0.2, 0.25) is 0 Å². The van der Waals surface area contributed by atoms with Crippen molar-refractivity contribution in [3.8, 4) is 0 Å². The first-order chi connectivity index (χ1) is 10.1. The fourth-order valence-electron chi connectivity index (χ4n) is 1.99. The van der Waals surface area contributed by atoms with Crippen LogP contribution < -0.4 is 11.1 Å². The van der Waals surface area contributed by atoms with E-state index >= 15 is 0 Å². The second-order valence-corrected chi connectivity index (χ2v) is 4.67. The Morgan fingerprint density at radius 1 is 1.33 bits per heavy atom. The topological polar surface area (TPSA) is 77.2 Å². The average Bonchev–Trinajstić information content (AvgIpc) is 2.50. The molecule has 0 bridgehead atoms. The van der Waals surface area contributed by atoms with E-state index in [2.05, 4.69) is 10.3 Å². The minimum absolute atomic E-state index is 0.0488. The van der Waals surface area contributed by atoms with Crippen molar-refractivity contribution in [2.24, 2.45) is 0 Å². The highest BCUT2D eigenvalue weighted by Gasteiger charge is 2.11. The van der Waals surface area contributed by atoms with Gasteiger partial charge >= 0.3 is 5.97 Å². The van der Waals surface area contributed by atoms with Gasteiger partial charge in [0.1, 0.15) is 0 Å². The van der Waals surface area contributed by atoms with Crippen molar-refractivity contribution >= 4 is 17.3 Å². The molecule has 110 valence electrons. The summed E-state index contributed by atoms with van der Waals surface area (Å²) in [4.78, 5) is 15.8. The van der Waals surface area contributed by atoms with Crippen LogP contribution in [0.5, 0.6) is 0 Å². The van der Waals surface area contributed by atoms with Crippen LogP contribution in [0.4, 0.5) is 11.4 Å². The van der Waals surface area contributed by atoms with Gasteiger partial charge in [0.05, 0.1) is 23.5 Å². The number of benzene rings is 1. The zero-order valence-electron chi connectivity index (χ0n) is 12.2. The molecule has 1 heterocycles. The molecule has 1 aromatic carbocycles. The Kier molecular flexibility index (Phi) is 4.77. The van der Waals surface area contributed by atoms with Crippen molar-refractivity contribution in [2.45, 2.75) is 19.9 Å². The van der Waals surface area contributed by atoms with Gasteiger partial charge in [-0.3, -0.25) is 4.98 Å². The van der Waals surface area contributed by atoms with Gasteiger partial charge in [0, 0.05) is 18.4 Å². The smallest absolute Gasteiger partial charge is 0.338 e. The van der Waals surface area contributed by atoms with Crippen molar-refractivity contribution in [1.82, 2.24) is 4.98 Å². The van der Waals surface area contributed by atoms with Crippen LogP contribution >= 0.6 is 0 Å². The Labute approximate surface area is 124 Å². The molecular weight excluding hydrogens is 266 g/mol. The Morgan fingerprint density at radius 2 is 2.05 bits per heavy atom. The number of carbonyl (C=O) groups is 1. The molecule has 2 rings (SSSR count). The number of ether oxygens (including phenoxy) is 1. The number of nitrogens with one attached hydrogen (secondary N) is 1. The van der Waals surface area contributed by atoms with Crippen LogP contribution in [0, 0.1) is 0 Å². The summed E-state index contributed by atoms with van der Waals surface area (Å²) in [5.41, 5.74) is 8.83. The van der Waals surface area contributed by atoms with E-state index in [1.54, 1.807) is 37.5 Å². The second kappa shape index (κ2) is 6.74. The molecule has 0 aliphatic rings. The van der Waals surface area contributed by atoms with Crippen LogP contribution in [-0.4, -0.2) is 17.6 Å². The van der Waals surface area contributed by atoms with Crippen molar-refractivity contribution in [1.29, 1.82) is 0 Å². The molecule has 2 aromatic rings. The largest absolute Gasteiger partial charge is 0.462 e. The lowest BCUT2D eigenvalue weighted by Crippen LogP contribution is -2.10. The van der Waals surface area contributed by atoms with E-state index in [0.717, 1.165) is 5.56 Å². The number of nitrogens with zero attached hydrogens (tertiary/aromatic N) is 1. The number of hydrogen-bond donors (Lipinski definition) is 2. The van der Waals surface area contributed by atoms with Crippen molar-refractivity contribution in [3.63, 3.8) is 0 Å². The van der Waals surface area contributed by atoms with Crippen molar-refractivity contribution in [2.75, 3.05) is 17.7 Å². The van der Waals surface area contributed by atoms with Gasteiger partial charge in [-0.15, -0.1) is 0 Å². The first-order valence-corrected chi connectivity index (χ1v) is 6.85. The highest BCUT2D eigenvalue weighted by atomic mass is 16.5. The maximum Gasteiger partial charge on any atom is 0.338 e. The molecule has 1 unspecified atom stereocenters. The summed E-state index contributed by atoms with van der Waals surface area (Å²) in [6.45, 7) is 4.14. The normalized spacial score (nSPS) is 11.7. The van der Waals surface area contributed by atoms with Gasteiger partial charge < -0.3 is 15.8 Å². The predicted octanol–water partition coefficient (Wildman–Crippen LogP) is 3.01. The van der Waals surface area contributed by atoms with Crippen LogP contribution in [0.1, 0.15) is 35.8 Å². The quantitative estimate of drug-likeness (QED) is 0.652. The molecule has 0 amide bonds. The molecule has 21 heavy (non-hydrogen) atoms. The lowest BCUT2D eigenvalue weighted by atomic mass is 10.1. The summed E-state index contributed by atoms with van der Waals surface area (Å²) >= 11 is 0. The summed E-state index contributed by atoms with van der Waals surface area (Å²) in [6.07, 6.45) is 3.48. The summed E-state index contributed by atoms with van der Waals surface area (Å²) in [5, 5.41) is 3.30. The number of hydrogen-bond acceptors (Lipinski definition) is 5. The van der Waals surface area contributed by atoms with E-state index in [4.69, 9.17) is 10.5 Å². The molecule has 0 radical (unpaired) electrons. The fraction of sp³-hybridized carbons (Fsp3) is 0.250. The first kappa shape index (κ1) is 14.8. The number of pyridine rings is 1. The van der Waals surface area contributed by atoms with E-state index in [1.807, 2.05) is 19.1 Å². The number of nitrogens with two attached hydrogens (primary N) is 1. The highest BCUT2D eigenvalue weighted by Crippen LogP contribution is 2.25. The molecule has 1 atom stereocenters. The Balaban J connectivity index is 2.19. The molecule has 5 nitrogen and oxygen atoms in total. The van der Waals surface area contributed by atoms with E-state index < -0.39 is 0 Å². The van der Waals surface area contributed by atoms with E-state index in [9.17, 15) is 4.79 Å². The van der Waals surface area contributed by atoms with Gasteiger partial charge in [0.25, 0.3) is 0 Å². The maximum absolute atomic E-state index is 11.8. The molecule has 0 aliphatic heterocycles. The minimum atomic E-state index is -0.350. The minimum Gasteiger partial charge on any atom is -0.462 e. The average molecular weight is 285 g/mol. The van der Waals surface area contributed by atoms with Gasteiger partial charge in [0.15, 0.2) is 0 Å². The number of esters is 1. The van der Waals surface area contributed by atoms with E-state index in [1.165, 1.54) is 0 Å². The van der Waals surface area contributed by atoms with Gasteiger partial charge in [-0.1, -0.05) is 0 Å². The van der Waals surface area contributed by atoms with Crippen LogP contribution in [0.2, 0.25) is 0 Å². The van der Waals surface area contributed by atoms with E-state index in [0.29, 0.717) is 23.5 Å². The highest BCUT2D eigenvalue weighted by molar-refractivity contribution is 5.92. The zero-order chi connectivity index (χ0) is 15.2. The molecular formula is C16H19N3O2. The van der Waals surface area contributed by atoms with E-state index in [-0.39, 0.29) is 12.0 Å². The Hall–Kier alpha value is -2.56. The van der Waals surface area contributed by atoms with Gasteiger partial charge in [-0.25, -0.2) is 4.79 Å². The SMILES string of the molecule is CCOC(=O)c1ccc(N)c(NC(C)c2ccncc2)c1. The summed E-state index contributed by atoms with van der Waals surface area (Å²) in [5.74, 6) is -0.350. The van der Waals surface area contributed by atoms with Crippen LogP contribution in [0.25, 0.3) is 0 Å².